The molecule has 2 nitrogen and oxygen atoms in total. The minimum absolute atomic E-state index is 0.00183. The average Bonchev–Trinajstić information content (AvgIpc) is 2.52. The first kappa shape index (κ1) is 16.6. The first-order chi connectivity index (χ1) is 10.5. The van der Waals surface area contributed by atoms with Gasteiger partial charge in [-0.2, -0.15) is 0 Å². The maximum Gasteiger partial charge on any atom is 0.233 e. The van der Waals surface area contributed by atoms with E-state index in [1.165, 1.54) is 23.3 Å². The summed E-state index contributed by atoms with van der Waals surface area (Å²) in [5.41, 5.74) is 3.35. The molecule has 0 radical (unpaired) electrons. The highest BCUT2D eigenvalue weighted by Gasteiger charge is 2.13. The SMILES string of the molecule is Cc1cccc(CS[C@H](C)C(=O)NCc2ccc(F)cc2)c1. The van der Waals surface area contributed by atoms with Crippen LogP contribution in [0, 0.1) is 12.7 Å². The van der Waals surface area contributed by atoms with Crippen LogP contribution in [0.5, 0.6) is 0 Å². The van der Waals surface area contributed by atoms with E-state index >= 15 is 0 Å². The topological polar surface area (TPSA) is 29.1 Å². The number of amides is 1. The number of nitrogens with one attached hydrogen (secondary N) is 1. The van der Waals surface area contributed by atoms with E-state index in [-0.39, 0.29) is 17.0 Å². The molecule has 4 heteroatoms. The lowest BCUT2D eigenvalue weighted by Crippen LogP contribution is -2.30. The molecule has 0 aliphatic carbocycles. The number of carbonyl (C=O) groups excluding carboxylic acids is 1. The fourth-order valence-corrected chi connectivity index (χ4v) is 2.89. The second kappa shape index (κ2) is 7.99. The Morgan fingerprint density at radius 1 is 1.18 bits per heavy atom. The molecule has 0 bridgehead atoms. The van der Waals surface area contributed by atoms with Gasteiger partial charge >= 0.3 is 0 Å². The van der Waals surface area contributed by atoms with Gasteiger partial charge < -0.3 is 5.32 Å². The molecule has 1 atom stereocenters. The predicted octanol–water partition coefficient (Wildman–Crippen LogP) is 4.07. The van der Waals surface area contributed by atoms with Crippen LogP contribution in [0.2, 0.25) is 0 Å². The van der Waals surface area contributed by atoms with Crippen molar-refractivity contribution < 1.29 is 9.18 Å². The molecule has 2 rings (SSSR count). The van der Waals surface area contributed by atoms with Crippen molar-refractivity contribution >= 4 is 17.7 Å². The van der Waals surface area contributed by atoms with Crippen LogP contribution in [-0.2, 0) is 17.1 Å². The Balaban J connectivity index is 1.78. The van der Waals surface area contributed by atoms with Crippen molar-refractivity contribution in [3.05, 3.63) is 71.0 Å². The Labute approximate surface area is 135 Å². The summed E-state index contributed by atoms with van der Waals surface area (Å²) in [5, 5.41) is 2.76. The molecular weight excluding hydrogens is 297 g/mol. The van der Waals surface area contributed by atoms with Crippen molar-refractivity contribution in [2.45, 2.75) is 31.4 Å². The Bertz CT molecular complexity index is 627. The molecule has 0 saturated heterocycles. The number of carbonyl (C=O) groups is 1. The quantitative estimate of drug-likeness (QED) is 0.870. The summed E-state index contributed by atoms with van der Waals surface area (Å²) < 4.78 is 12.8. The van der Waals surface area contributed by atoms with Crippen LogP contribution < -0.4 is 5.32 Å². The van der Waals surface area contributed by atoms with Crippen molar-refractivity contribution in [1.29, 1.82) is 0 Å². The Morgan fingerprint density at radius 3 is 2.59 bits per heavy atom. The second-order valence-corrected chi connectivity index (χ2v) is 6.62. The van der Waals surface area contributed by atoms with Crippen molar-refractivity contribution in [3.8, 4) is 0 Å². The van der Waals surface area contributed by atoms with E-state index in [2.05, 4.69) is 30.4 Å². The van der Waals surface area contributed by atoms with Crippen LogP contribution in [0.15, 0.2) is 48.5 Å². The zero-order chi connectivity index (χ0) is 15.9. The van der Waals surface area contributed by atoms with E-state index in [0.29, 0.717) is 6.54 Å². The van der Waals surface area contributed by atoms with Crippen molar-refractivity contribution in [2.75, 3.05) is 0 Å². The fourth-order valence-electron chi connectivity index (χ4n) is 2.03. The van der Waals surface area contributed by atoms with Gasteiger partial charge in [0, 0.05) is 12.3 Å². The third-order valence-corrected chi connectivity index (χ3v) is 4.55. The van der Waals surface area contributed by atoms with Crippen LogP contribution in [0.1, 0.15) is 23.6 Å². The Morgan fingerprint density at radius 2 is 1.91 bits per heavy atom. The van der Waals surface area contributed by atoms with Crippen LogP contribution in [0.4, 0.5) is 4.39 Å². The number of hydrogen-bond donors (Lipinski definition) is 1. The second-order valence-electron chi connectivity index (χ2n) is 5.29. The van der Waals surface area contributed by atoms with Gasteiger partial charge in [0.15, 0.2) is 0 Å². The summed E-state index contributed by atoms with van der Waals surface area (Å²) in [6.45, 7) is 4.39. The van der Waals surface area contributed by atoms with Crippen molar-refractivity contribution in [3.63, 3.8) is 0 Å². The number of aryl methyl sites for hydroxylation is 1. The van der Waals surface area contributed by atoms with E-state index in [9.17, 15) is 9.18 Å². The largest absolute Gasteiger partial charge is 0.351 e. The van der Waals surface area contributed by atoms with Crippen molar-refractivity contribution in [2.24, 2.45) is 0 Å². The van der Waals surface area contributed by atoms with Gasteiger partial charge in [0.1, 0.15) is 5.82 Å². The van der Waals surface area contributed by atoms with Gasteiger partial charge in [-0.3, -0.25) is 4.79 Å². The lowest BCUT2D eigenvalue weighted by molar-refractivity contribution is -0.120. The molecule has 0 spiro atoms. The first-order valence-electron chi connectivity index (χ1n) is 7.24. The number of thioether (sulfide) groups is 1. The zero-order valence-electron chi connectivity index (χ0n) is 12.8. The Hall–Kier alpha value is -1.81. The maximum atomic E-state index is 12.8. The average molecular weight is 317 g/mol. The van der Waals surface area contributed by atoms with Gasteiger partial charge in [-0.1, -0.05) is 42.0 Å². The standard InChI is InChI=1S/C18H20FNOS/c1-13-4-3-5-16(10-13)12-22-14(2)18(21)20-11-15-6-8-17(19)9-7-15/h3-10,14H,11-12H2,1-2H3,(H,20,21)/t14-/m1/s1. The smallest absolute Gasteiger partial charge is 0.233 e. The molecule has 116 valence electrons. The minimum Gasteiger partial charge on any atom is -0.351 e. The molecule has 22 heavy (non-hydrogen) atoms. The van der Waals surface area contributed by atoms with Gasteiger partial charge in [0.05, 0.1) is 5.25 Å². The molecule has 0 fully saturated rings. The molecule has 1 amide bonds. The van der Waals surface area contributed by atoms with Crippen LogP contribution in [0.25, 0.3) is 0 Å². The zero-order valence-corrected chi connectivity index (χ0v) is 13.6. The molecule has 0 aromatic heterocycles. The van der Waals surface area contributed by atoms with E-state index in [0.717, 1.165) is 11.3 Å². The molecule has 0 heterocycles. The van der Waals surface area contributed by atoms with E-state index < -0.39 is 0 Å². The fraction of sp³-hybridized carbons (Fsp3) is 0.278. The summed E-state index contributed by atoms with van der Waals surface area (Å²) in [7, 11) is 0. The van der Waals surface area contributed by atoms with E-state index in [4.69, 9.17) is 0 Å². The van der Waals surface area contributed by atoms with Crippen LogP contribution in [-0.4, -0.2) is 11.2 Å². The highest BCUT2D eigenvalue weighted by atomic mass is 32.2. The molecule has 0 unspecified atom stereocenters. The summed E-state index contributed by atoms with van der Waals surface area (Å²) in [6.07, 6.45) is 0. The van der Waals surface area contributed by atoms with Gasteiger partial charge in [-0.25, -0.2) is 4.39 Å². The maximum absolute atomic E-state index is 12.8. The number of benzene rings is 2. The number of halogens is 1. The minimum atomic E-state index is -0.267. The van der Waals surface area contributed by atoms with Gasteiger partial charge in [-0.15, -0.1) is 11.8 Å². The van der Waals surface area contributed by atoms with E-state index in [1.807, 2.05) is 13.0 Å². The van der Waals surface area contributed by atoms with Crippen LogP contribution >= 0.6 is 11.8 Å². The summed E-state index contributed by atoms with van der Waals surface area (Å²) in [6, 6.07) is 14.5. The van der Waals surface area contributed by atoms with Gasteiger partial charge in [0.25, 0.3) is 0 Å². The normalized spacial score (nSPS) is 12.0. The molecule has 2 aromatic rings. The monoisotopic (exact) mass is 317 g/mol. The molecule has 0 aliphatic rings. The third kappa shape index (κ3) is 5.19. The summed E-state index contributed by atoms with van der Waals surface area (Å²) in [5.74, 6) is 0.548. The third-order valence-electron chi connectivity index (χ3n) is 3.33. The summed E-state index contributed by atoms with van der Waals surface area (Å²) in [4.78, 5) is 12.1. The molecule has 0 saturated carbocycles. The highest BCUT2D eigenvalue weighted by Crippen LogP contribution is 2.18. The number of rotatable bonds is 6. The lowest BCUT2D eigenvalue weighted by Gasteiger charge is -2.12. The van der Waals surface area contributed by atoms with Crippen molar-refractivity contribution in [1.82, 2.24) is 5.32 Å². The van der Waals surface area contributed by atoms with Crippen LogP contribution in [0.3, 0.4) is 0 Å². The summed E-state index contributed by atoms with van der Waals surface area (Å²) >= 11 is 1.61. The highest BCUT2D eigenvalue weighted by molar-refractivity contribution is 7.99. The molecular formula is C18H20FNOS. The molecule has 1 N–H and O–H groups in total. The Kier molecular flexibility index (Phi) is 6.01. The first-order valence-corrected chi connectivity index (χ1v) is 8.29. The number of hydrogen-bond acceptors (Lipinski definition) is 2. The van der Waals surface area contributed by atoms with E-state index in [1.54, 1.807) is 23.9 Å². The van der Waals surface area contributed by atoms with Gasteiger partial charge in [-0.05, 0) is 37.1 Å². The lowest BCUT2D eigenvalue weighted by atomic mass is 10.2. The van der Waals surface area contributed by atoms with Gasteiger partial charge in [0.2, 0.25) is 5.91 Å². The molecule has 0 aliphatic heterocycles. The molecule has 2 aromatic carbocycles. The predicted molar refractivity (Wildman–Crippen MR) is 90.2 cm³/mol.